The molecule has 0 atom stereocenters. The minimum Gasteiger partial charge on any atom is -0.550 e. The molecule has 0 radical (unpaired) electrons. The first-order valence-electron chi connectivity index (χ1n) is 11.9. The largest absolute Gasteiger partial charge is 4.00 e. The van der Waals surface area contributed by atoms with E-state index < -0.39 is 23.9 Å². The fraction of sp³-hybridized carbons (Fsp3) is 0.800. The average Bonchev–Trinajstić information content (AvgIpc) is 2.69. The average molecular weight is 473 g/mol. The van der Waals surface area contributed by atoms with Crippen molar-refractivity contribution in [3.63, 3.8) is 0 Å². The number of carbonyl (C=O) groups excluding carboxylic acids is 4. The van der Waals surface area contributed by atoms with Gasteiger partial charge in [-0.15, -0.1) is 0 Å². The third-order valence-corrected chi connectivity index (χ3v) is 3.94. The number of carboxylic acid groups (broad SMARTS) is 4. The van der Waals surface area contributed by atoms with E-state index in [2.05, 4.69) is 0 Å². The fourth-order valence-corrected chi connectivity index (χ4v) is 2.08. The molecule has 0 aliphatic rings. The van der Waals surface area contributed by atoms with Crippen molar-refractivity contribution in [3.8, 4) is 0 Å². The second-order valence-corrected chi connectivity index (χ2v) is 7.32. The van der Waals surface area contributed by atoms with Crippen molar-refractivity contribution in [2.75, 3.05) is 0 Å². The molecule has 0 aromatic carbocycles. The molecule has 33 heavy (non-hydrogen) atoms. The van der Waals surface area contributed by atoms with Crippen molar-refractivity contribution in [3.05, 3.63) is 7.43 Å². The molecule has 0 aliphatic carbocycles. The summed E-state index contributed by atoms with van der Waals surface area (Å²) in [7, 11) is 0. The van der Waals surface area contributed by atoms with E-state index >= 15 is 0 Å². The van der Waals surface area contributed by atoms with Crippen LogP contribution in [0.3, 0.4) is 0 Å². The maximum atomic E-state index is 9.76. The zero-order valence-electron chi connectivity index (χ0n) is 21.1. The molecular formula is C25H44O8. The molecule has 0 heterocycles. The molecule has 0 N–H and O–H groups in total. The zero-order chi connectivity index (χ0) is 25.6. The zero-order valence-corrected chi connectivity index (χ0v) is 21.1. The van der Waals surface area contributed by atoms with Crippen LogP contribution in [0, 0.1) is 7.43 Å². The molecule has 0 saturated heterocycles. The van der Waals surface area contributed by atoms with Gasteiger partial charge in [-0.1, -0.05) is 79.1 Å². The Labute approximate surface area is 201 Å². The Morgan fingerprint density at radius 3 is 0.636 bits per heavy atom. The first-order chi connectivity index (χ1) is 15.1. The molecule has 0 aliphatic heterocycles. The Morgan fingerprint density at radius 2 is 0.545 bits per heavy atom. The summed E-state index contributed by atoms with van der Waals surface area (Å²) in [6.07, 6.45) is 12.1. The van der Waals surface area contributed by atoms with Gasteiger partial charge in [0.05, 0.1) is 0 Å². The summed E-state index contributed by atoms with van der Waals surface area (Å²) in [6, 6.07) is 0. The van der Waals surface area contributed by atoms with E-state index in [9.17, 15) is 39.6 Å². The molecule has 192 valence electrons. The van der Waals surface area contributed by atoms with Crippen LogP contribution >= 0.6 is 0 Å². The first-order valence-corrected chi connectivity index (χ1v) is 11.9. The molecule has 8 heteroatoms. The third kappa shape index (κ3) is 72.6. The summed E-state index contributed by atoms with van der Waals surface area (Å²) >= 11 is 0. The van der Waals surface area contributed by atoms with Gasteiger partial charge in [0.1, 0.15) is 0 Å². The monoisotopic (exact) mass is 472 g/mol. The van der Waals surface area contributed by atoms with E-state index in [1.807, 2.05) is 27.7 Å². The smallest absolute Gasteiger partial charge is 0.550 e. The van der Waals surface area contributed by atoms with Crippen LogP contribution in [-0.4, -0.2) is 23.9 Å². The van der Waals surface area contributed by atoms with Crippen LogP contribution in [0.25, 0.3) is 0 Å². The summed E-state index contributed by atoms with van der Waals surface area (Å²) < 4.78 is 0. The van der Waals surface area contributed by atoms with E-state index in [4.69, 9.17) is 0 Å². The second kappa shape index (κ2) is 37.2. The molecule has 0 aromatic heterocycles. The van der Waals surface area contributed by atoms with Crippen LogP contribution in [-0.2, 0) is 19.2 Å². The second-order valence-electron chi connectivity index (χ2n) is 7.32. The van der Waals surface area contributed by atoms with Gasteiger partial charge in [0.15, 0.2) is 0 Å². The van der Waals surface area contributed by atoms with E-state index in [0.717, 1.165) is 77.0 Å². The summed E-state index contributed by atoms with van der Waals surface area (Å²) in [5.41, 5.74) is 0. The van der Waals surface area contributed by atoms with Crippen LogP contribution in [0.5, 0.6) is 0 Å². The number of carboxylic acids is 4. The summed E-state index contributed by atoms with van der Waals surface area (Å²) in [4.78, 5) is 39.1. The Hall–Kier alpha value is -2.12. The normalized spacial score (nSPS) is 8.85. The van der Waals surface area contributed by atoms with E-state index in [1.165, 1.54) is 0 Å². The molecule has 0 rings (SSSR count). The van der Waals surface area contributed by atoms with Crippen molar-refractivity contribution in [2.24, 2.45) is 0 Å². The topological polar surface area (TPSA) is 161 Å². The molecule has 8 nitrogen and oxygen atoms in total. The van der Waals surface area contributed by atoms with Crippen LogP contribution in [0.4, 0.5) is 0 Å². The van der Waals surface area contributed by atoms with Crippen LogP contribution < -0.4 is 20.4 Å². The Morgan fingerprint density at radius 1 is 0.394 bits per heavy atom. The van der Waals surface area contributed by atoms with Gasteiger partial charge in [-0.2, -0.15) is 0 Å². The quantitative estimate of drug-likeness (QED) is 0.304. The predicted octanol–water partition coefficient (Wildman–Crippen LogP) is 1.35. The molecular weight excluding hydrogens is 428 g/mol. The number of rotatable bonds is 16. The standard InChI is InChI=1S/4C6H12O2.C/c4*1-2-3-4-5-6(7)8;/h4*2-5H2,1H3,(H,7,8);/q;;;;+4/p-4. The van der Waals surface area contributed by atoms with Crippen LogP contribution in [0.2, 0.25) is 0 Å². The minimum absolute atomic E-state index is 0. The summed E-state index contributed by atoms with van der Waals surface area (Å²) in [6.45, 7) is 8.15. The molecule has 0 fully saturated rings. The van der Waals surface area contributed by atoms with Gasteiger partial charge in [-0.25, -0.2) is 0 Å². The van der Waals surface area contributed by atoms with Crippen molar-refractivity contribution in [1.82, 2.24) is 0 Å². The molecule has 0 bridgehead atoms. The Kier molecular flexibility index (Phi) is 46.4. The van der Waals surface area contributed by atoms with Crippen molar-refractivity contribution in [2.45, 2.75) is 130 Å². The Bertz CT molecular complexity index is 356. The van der Waals surface area contributed by atoms with Gasteiger partial charge >= 0.3 is 7.43 Å². The molecule has 0 spiro atoms. The fourth-order valence-electron chi connectivity index (χ4n) is 2.08. The molecule has 0 amide bonds. The maximum absolute atomic E-state index is 9.76. The van der Waals surface area contributed by atoms with Crippen molar-refractivity contribution >= 4 is 23.9 Å². The number of hydrogen-bond acceptors (Lipinski definition) is 8. The van der Waals surface area contributed by atoms with E-state index in [-0.39, 0.29) is 33.1 Å². The van der Waals surface area contributed by atoms with E-state index in [0.29, 0.717) is 0 Å². The predicted molar refractivity (Wildman–Crippen MR) is 120 cm³/mol. The number of carbonyl (C=O) groups is 4. The van der Waals surface area contributed by atoms with Crippen LogP contribution in [0.15, 0.2) is 0 Å². The van der Waals surface area contributed by atoms with Crippen molar-refractivity contribution in [1.29, 1.82) is 0 Å². The van der Waals surface area contributed by atoms with Gasteiger partial charge in [0.2, 0.25) is 0 Å². The summed E-state index contributed by atoms with van der Waals surface area (Å²) in [5.74, 6) is -3.73. The number of aliphatic carboxylic acids is 4. The van der Waals surface area contributed by atoms with Gasteiger partial charge in [-0.05, 0) is 51.4 Å². The van der Waals surface area contributed by atoms with Crippen LogP contribution in [0.1, 0.15) is 130 Å². The number of hydrogen-bond donors (Lipinski definition) is 0. The van der Waals surface area contributed by atoms with E-state index in [1.54, 1.807) is 0 Å². The Balaban J connectivity index is -0.000000105. The SMILES string of the molecule is CCCCCC(=O)[O-].CCCCCC(=O)[O-].CCCCCC(=O)[O-].CCCCCC(=O)[O-].[C+4]. The van der Waals surface area contributed by atoms with Gasteiger partial charge in [0.25, 0.3) is 0 Å². The molecule has 0 aromatic rings. The third-order valence-electron chi connectivity index (χ3n) is 3.94. The number of unbranched alkanes of at least 4 members (excludes halogenated alkanes) is 8. The minimum atomic E-state index is -0.932. The summed E-state index contributed by atoms with van der Waals surface area (Å²) in [5, 5.41) is 39.1. The van der Waals surface area contributed by atoms with Gasteiger partial charge in [0, 0.05) is 23.9 Å². The molecule has 0 saturated carbocycles. The molecule has 0 unspecified atom stereocenters. The van der Waals surface area contributed by atoms with Crippen molar-refractivity contribution < 1.29 is 39.6 Å². The first kappa shape index (κ1) is 41.2. The van der Waals surface area contributed by atoms with Gasteiger partial charge < -0.3 is 39.6 Å². The maximum Gasteiger partial charge on any atom is 4.00 e. The van der Waals surface area contributed by atoms with Gasteiger partial charge in [-0.3, -0.25) is 0 Å².